The van der Waals surface area contributed by atoms with Crippen molar-refractivity contribution >= 4 is 33.0 Å². The zero-order valence-electron chi connectivity index (χ0n) is 12.5. The van der Waals surface area contributed by atoms with Gasteiger partial charge in [-0.1, -0.05) is 0 Å². The fourth-order valence-corrected chi connectivity index (χ4v) is 3.47. The third-order valence-electron chi connectivity index (χ3n) is 2.94. The number of benzene rings is 1. The maximum Gasteiger partial charge on any atom is 0.163 e. The Morgan fingerprint density at radius 1 is 1.14 bits per heavy atom. The van der Waals surface area contributed by atoms with E-state index in [1.54, 1.807) is 11.3 Å². The van der Waals surface area contributed by atoms with Crippen molar-refractivity contribution < 1.29 is 9.47 Å². The van der Waals surface area contributed by atoms with Crippen LogP contribution in [0.2, 0.25) is 0 Å². The van der Waals surface area contributed by atoms with Crippen molar-refractivity contribution in [1.29, 1.82) is 0 Å². The van der Waals surface area contributed by atoms with E-state index >= 15 is 0 Å². The highest BCUT2D eigenvalue weighted by Crippen LogP contribution is 2.33. The van der Waals surface area contributed by atoms with Crippen LogP contribution >= 0.6 is 27.3 Å². The highest BCUT2D eigenvalue weighted by molar-refractivity contribution is 9.10. The monoisotopic (exact) mass is 369 g/mol. The lowest BCUT2D eigenvalue weighted by atomic mass is 10.2. The summed E-state index contributed by atoms with van der Waals surface area (Å²) in [6.07, 6.45) is 0. The zero-order valence-corrected chi connectivity index (χ0v) is 14.9. The first-order valence-electron chi connectivity index (χ1n) is 7.04. The van der Waals surface area contributed by atoms with Gasteiger partial charge in [-0.3, -0.25) is 0 Å². The van der Waals surface area contributed by atoms with Crippen molar-refractivity contribution in [1.82, 2.24) is 0 Å². The largest absolute Gasteiger partial charge is 0.490 e. The molecular weight excluding hydrogens is 350 g/mol. The molecule has 0 aliphatic heterocycles. The van der Waals surface area contributed by atoms with E-state index in [4.69, 9.17) is 9.47 Å². The average Bonchev–Trinajstić information content (AvgIpc) is 2.89. The Balaban J connectivity index is 2.14. The minimum absolute atomic E-state index is 0.244. The molecule has 1 heterocycles. The Hall–Kier alpha value is -1.20. The molecule has 1 atom stereocenters. The topological polar surface area (TPSA) is 30.5 Å². The number of halogens is 1. The second-order valence-corrected chi connectivity index (χ2v) is 6.42. The molecule has 0 saturated heterocycles. The minimum atomic E-state index is 0.244. The van der Waals surface area contributed by atoms with E-state index in [1.165, 1.54) is 4.88 Å². The van der Waals surface area contributed by atoms with Gasteiger partial charge in [-0.15, -0.1) is 11.3 Å². The van der Waals surface area contributed by atoms with Crippen LogP contribution in [0.3, 0.4) is 0 Å². The molecule has 1 unspecified atom stereocenters. The molecule has 2 rings (SSSR count). The van der Waals surface area contributed by atoms with Crippen molar-refractivity contribution in [3.63, 3.8) is 0 Å². The van der Waals surface area contributed by atoms with E-state index in [0.717, 1.165) is 21.7 Å². The van der Waals surface area contributed by atoms with Gasteiger partial charge in [0.15, 0.2) is 11.5 Å². The molecule has 0 spiro atoms. The van der Waals surface area contributed by atoms with Gasteiger partial charge in [0.25, 0.3) is 0 Å². The molecule has 0 amide bonds. The lowest BCUT2D eigenvalue weighted by molar-refractivity contribution is 0.288. The molecule has 0 radical (unpaired) electrons. The number of nitrogens with one attached hydrogen (secondary N) is 1. The number of hydrogen-bond acceptors (Lipinski definition) is 4. The van der Waals surface area contributed by atoms with Crippen LogP contribution in [0.15, 0.2) is 34.1 Å². The molecule has 0 fully saturated rings. The highest BCUT2D eigenvalue weighted by Gasteiger charge is 2.11. The maximum atomic E-state index is 5.65. The quantitative estimate of drug-likeness (QED) is 0.700. The SMILES string of the molecule is CCOc1ccc(NC(C)c2cc(Br)cs2)cc1OCC. The fourth-order valence-electron chi connectivity index (χ4n) is 2.02. The van der Waals surface area contributed by atoms with Gasteiger partial charge in [0, 0.05) is 26.5 Å². The van der Waals surface area contributed by atoms with E-state index in [0.29, 0.717) is 13.2 Å². The molecule has 0 aliphatic carbocycles. The van der Waals surface area contributed by atoms with Crippen molar-refractivity contribution in [2.75, 3.05) is 18.5 Å². The lowest BCUT2D eigenvalue weighted by Gasteiger charge is -2.16. The summed E-state index contributed by atoms with van der Waals surface area (Å²) in [7, 11) is 0. The normalized spacial score (nSPS) is 12.0. The van der Waals surface area contributed by atoms with Crippen LogP contribution < -0.4 is 14.8 Å². The van der Waals surface area contributed by atoms with Crippen molar-refractivity contribution in [3.8, 4) is 11.5 Å². The van der Waals surface area contributed by atoms with E-state index in [1.807, 2.05) is 32.0 Å². The Labute approximate surface area is 138 Å². The van der Waals surface area contributed by atoms with Gasteiger partial charge in [0.2, 0.25) is 0 Å². The first-order valence-corrected chi connectivity index (χ1v) is 8.71. The van der Waals surface area contributed by atoms with Gasteiger partial charge < -0.3 is 14.8 Å². The predicted molar refractivity (Wildman–Crippen MR) is 92.8 cm³/mol. The summed E-state index contributed by atoms with van der Waals surface area (Å²) in [6, 6.07) is 8.35. The number of hydrogen-bond donors (Lipinski definition) is 1. The second kappa shape index (κ2) is 7.71. The fraction of sp³-hybridized carbons (Fsp3) is 0.375. The summed E-state index contributed by atoms with van der Waals surface area (Å²) in [6.45, 7) is 7.35. The number of rotatable bonds is 7. The van der Waals surface area contributed by atoms with Crippen LogP contribution in [0.1, 0.15) is 31.7 Å². The molecule has 0 aliphatic rings. The zero-order chi connectivity index (χ0) is 15.2. The van der Waals surface area contributed by atoms with E-state index in [-0.39, 0.29) is 6.04 Å². The smallest absolute Gasteiger partial charge is 0.163 e. The van der Waals surface area contributed by atoms with Gasteiger partial charge in [-0.25, -0.2) is 0 Å². The maximum absolute atomic E-state index is 5.65. The van der Waals surface area contributed by atoms with Gasteiger partial charge in [0.05, 0.1) is 19.3 Å². The third kappa shape index (κ3) is 4.38. The number of anilines is 1. The molecule has 114 valence electrons. The molecule has 2 aromatic rings. The number of thiophene rings is 1. The van der Waals surface area contributed by atoms with Gasteiger partial charge >= 0.3 is 0 Å². The number of ether oxygens (including phenoxy) is 2. The van der Waals surface area contributed by atoms with Crippen molar-refractivity contribution in [2.24, 2.45) is 0 Å². The summed E-state index contributed by atoms with van der Waals surface area (Å²) < 4.78 is 12.4. The second-order valence-electron chi connectivity index (χ2n) is 4.56. The molecular formula is C16H20BrNO2S. The molecule has 1 N–H and O–H groups in total. The Morgan fingerprint density at radius 3 is 2.48 bits per heavy atom. The van der Waals surface area contributed by atoms with Crippen LogP contribution in [0.25, 0.3) is 0 Å². The van der Waals surface area contributed by atoms with Crippen LogP contribution in [0.4, 0.5) is 5.69 Å². The van der Waals surface area contributed by atoms with Crippen LogP contribution in [0.5, 0.6) is 11.5 Å². The standard InChI is InChI=1S/C16H20BrNO2S/c1-4-19-14-7-6-13(9-15(14)20-5-2)18-11(3)16-8-12(17)10-21-16/h6-11,18H,4-5H2,1-3H3. The van der Waals surface area contributed by atoms with Crippen LogP contribution in [-0.4, -0.2) is 13.2 Å². The Bertz CT molecular complexity index is 585. The summed E-state index contributed by atoms with van der Waals surface area (Å²) in [5, 5.41) is 5.59. The van der Waals surface area contributed by atoms with E-state index in [9.17, 15) is 0 Å². The lowest BCUT2D eigenvalue weighted by Crippen LogP contribution is -2.06. The molecule has 3 nitrogen and oxygen atoms in total. The predicted octanol–water partition coefficient (Wildman–Crippen LogP) is 5.48. The van der Waals surface area contributed by atoms with Gasteiger partial charge in [-0.05, 0) is 54.9 Å². The molecule has 5 heteroatoms. The van der Waals surface area contributed by atoms with Crippen molar-refractivity contribution in [2.45, 2.75) is 26.8 Å². The van der Waals surface area contributed by atoms with E-state index in [2.05, 4.69) is 39.6 Å². The summed E-state index contributed by atoms with van der Waals surface area (Å²) >= 11 is 5.23. The first kappa shape index (κ1) is 16.2. The average molecular weight is 370 g/mol. The molecule has 21 heavy (non-hydrogen) atoms. The Kier molecular flexibility index (Phi) is 5.94. The summed E-state index contributed by atoms with van der Waals surface area (Å²) in [4.78, 5) is 1.29. The van der Waals surface area contributed by atoms with Crippen LogP contribution in [0, 0.1) is 0 Å². The molecule has 1 aromatic carbocycles. The van der Waals surface area contributed by atoms with Crippen LogP contribution in [-0.2, 0) is 0 Å². The molecule has 0 saturated carbocycles. The van der Waals surface area contributed by atoms with E-state index < -0.39 is 0 Å². The molecule has 1 aromatic heterocycles. The third-order valence-corrected chi connectivity index (χ3v) is 4.82. The highest BCUT2D eigenvalue weighted by atomic mass is 79.9. The molecule has 0 bridgehead atoms. The summed E-state index contributed by atoms with van der Waals surface area (Å²) in [5.41, 5.74) is 1.03. The van der Waals surface area contributed by atoms with Crippen molar-refractivity contribution in [3.05, 3.63) is 39.0 Å². The van der Waals surface area contributed by atoms with Gasteiger partial charge in [0.1, 0.15) is 0 Å². The summed E-state index contributed by atoms with van der Waals surface area (Å²) in [5.74, 6) is 1.57. The Morgan fingerprint density at radius 2 is 1.86 bits per heavy atom. The minimum Gasteiger partial charge on any atom is -0.490 e. The first-order chi connectivity index (χ1) is 10.1. The van der Waals surface area contributed by atoms with Gasteiger partial charge in [-0.2, -0.15) is 0 Å².